The van der Waals surface area contributed by atoms with Crippen molar-refractivity contribution >= 4 is 10.0 Å². The Morgan fingerprint density at radius 3 is 2.65 bits per heavy atom. The van der Waals surface area contributed by atoms with Crippen molar-refractivity contribution in [1.29, 1.82) is 0 Å². The van der Waals surface area contributed by atoms with Gasteiger partial charge in [0.25, 0.3) is 15.6 Å². The maximum absolute atomic E-state index is 12.8. The van der Waals surface area contributed by atoms with Gasteiger partial charge in [-0.2, -0.15) is 4.31 Å². The summed E-state index contributed by atoms with van der Waals surface area (Å²) in [4.78, 5) is 15.9. The second kappa shape index (κ2) is 6.88. The zero-order valence-electron chi connectivity index (χ0n) is 15.4. The van der Waals surface area contributed by atoms with Crippen LogP contribution in [-0.4, -0.2) is 46.0 Å². The van der Waals surface area contributed by atoms with Gasteiger partial charge in [-0.25, -0.2) is 13.4 Å². The van der Waals surface area contributed by atoms with Crippen LogP contribution in [0.15, 0.2) is 34.5 Å². The summed E-state index contributed by atoms with van der Waals surface area (Å²) in [5, 5.41) is 0.0521. The number of hydrogen-bond acceptors (Lipinski definition) is 5. The Labute approximate surface area is 153 Å². The van der Waals surface area contributed by atoms with E-state index in [1.807, 2.05) is 20.8 Å². The van der Waals surface area contributed by atoms with Crippen LogP contribution in [0.3, 0.4) is 0 Å². The molecule has 0 saturated carbocycles. The van der Waals surface area contributed by atoms with E-state index in [0.29, 0.717) is 18.7 Å². The van der Waals surface area contributed by atoms with Gasteiger partial charge in [-0.1, -0.05) is 0 Å². The first-order chi connectivity index (χ1) is 12.2. The molecule has 1 atom stereocenters. The minimum Gasteiger partial charge on any atom is -0.489 e. The molecule has 1 aliphatic heterocycles. The molecule has 0 amide bonds. The molecule has 0 bridgehead atoms. The Morgan fingerprint density at radius 2 is 2.04 bits per heavy atom. The molecule has 8 nitrogen and oxygen atoms in total. The summed E-state index contributed by atoms with van der Waals surface area (Å²) in [6.45, 7) is 6.36. The summed E-state index contributed by atoms with van der Waals surface area (Å²) < 4.78 is 36.1. The van der Waals surface area contributed by atoms with E-state index in [1.165, 1.54) is 21.3 Å². The van der Waals surface area contributed by atoms with Crippen molar-refractivity contribution in [3.63, 3.8) is 0 Å². The standard InChI is InChI=1S/C17H24N4O4S/c1-12(2)20-10-16(18-11-20)26(23,24)21-6-5-14(9-21)25-15-7-13(3)19(4)17(22)8-15/h7-8,10-12,14H,5-6,9H2,1-4H3. The van der Waals surface area contributed by atoms with Crippen molar-refractivity contribution in [3.8, 4) is 5.75 Å². The number of nitrogens with zero attached hydrogens (tertiary/aromatic N) is 4. The van der Waals surface area contributed by atoms with Crippen LogP contribution in [0.25, 0.3) is 0 Å². The van der Waals surface area contributed by atoms with Gasteiger partial charge in [-0.3, -0.25) is 4.79 Å². The molecular formula is C17H24N4O4S. The fourth-order valence-electron chi connectivity index (χ4n) is 2.88. The third-order valence-electron chi connectivity index (χ3n) is 4.67. The number of aromatic nitrogens is 3. The fourth-order valence-corrected chi connectivity index (χ4v) is 4.28. The maximum Gasteiger partial charge on any atom is 0.262 e. The van der Waals surface area contributed by atoms with E-state index in [1.54, 1.807) is 23.9 Å². The molecule has 26 heavy (non-hydrogen) atoms. The summed E-state index contributed by atoms with van der Waals surface area (Å²) in [5.74, 6) is 0.471. The highest BCUT2D eigenvalue weighted by molar-refractivity contribution is 7.89. The Balaban J connectivity index is 1.72. The lowest BCUT2D eigenvalue weighted by Crippen LogP contribution is -2.31. The molecule has 1 aliphatic rings. The highest BCUT2D eigenvalue weighted by Gasteiger charge is 2.35. The second-order valence-electron chi connectivity index (χ2n) is 6.87. The first kappa shape index (κ1) is 18.7. The smallest absolute Gasteiger partial charge is 0.262 e. The molecule has 1 unspecified atom stereocenters. The van der Waals surface area contributed by atoms with Crippen molar-refractivity contribution in [2.75, 3.05) is 13.1 Å². The number of rotatable bonds is 5. The van der Waals surface area contributed by atoms with E-state index < -0.39 is 10.0 Å². The lowest BCUT2D eigenvalue weighted by Gasteiger charge is -2.16. The molecule has 3 rings (SSSR count). The summed E-state index contributed by atoms with van der Waals surface area (Å²) >= 11 is 0. The highest BCUT2D eigenvalue weighted by Crippen LogP contribution is 2.23. The quantitative estimate of drug-likeness (QED) is 0.781. The monoisotopic (exact) mass is 380 g/mol. The Bertz CT molecular complexity index is 961. The van der Waals surface area contributed by atoms with Crippen molar-refractivity contribution in [2.24, 2.45) is 7.05 Å². The molecule has 3 heterocycles. The van der Waals surface area contributed by atoms with Crippen molar-refractivity contribution < 1.29 is 13.2 Å². The molecule has 0 N–H and O–H groups in total. The van der Waals surface area contributed by atoms with Crippen LogP contribution >= 0.6 is 0 Å². The minimum atomic E-state index is -3.64. The van der Waals surface area contributed by atoms with Crippen LogP contribution in [0, 0.1) is 6.92 Å². The third-order valence-corrected chi connectivity index (χ3v) is 6.42. The molecule has 0 aromatic carbocycles. The minimum absolute atomic E-state index is 0.0521. The van der Waals surface area contributed by atoms with E-state index in [-0.39, 0.29) is 29.3 Å². The Morgan fingerprint density at radius 1 is 1.31 bits per heavy atom. The number of pyridine rings is 1. The van der Waals surface area contributed by atoms with Crippen LogP contribution in [0.2, 0.25) is 0 Å². The van der Waals surface area contributed by atoms with E-state index in [4.69, 9.17) is 4.74 Å². The van der Waals surface area contributed by atoms with Crippen LogP contribution in [0.1, 0.15) is 32.0 Å². The Hall–Kier alpha value is -2.13. The number of hydrogen-bond donors (Lipinski definition) is 0. The van der Waals surface area contributed by atoms with E-state index in [2.05, 4.69) is 4.98 Å². The van der Waals surface area contributed by atoms with E-state index >= 15 is 0 Å². The Kier molecular flexibility index (Phi) is 4.94. The maximum atomic E-state index is 12.8. The lowest BCUT2D eigenvalue weighted by molar-refractivity contribution is 0.214. The molecule has 1 saturated heterocycles. The summed E-state index contributed by atoms with van der Waals surface area (Å²) in [6.07, 6.45) is 3.37. The molecule has 1 fully saturated rings. The van der Waals surface area contributed by atoms with E-state index in [9.17, 15) is 13.2 Å². The summed E-state index contributed by atoms with van der Waals surface area (Å²) in [5.41, 5.74) is 0.635. The predicted molar refractivity (Wildman–Crippen MR) is 96.8 cm³/mol. The second-order valence-corrected chi connectivity index (χ2v) is 8.76. The van der Waals surface area contributed by atoms with Gasteiger partial charge in [-0.05, 0) is 33.3 Å². The van der Waals surface area contributed by atoms with Gasteiger partial charge < -0.3 is 13.9 Å². The zero-order chi connectivity index (χ0) is 19.1. The van der Waals surface area contributed by atoms with Gasteiger partial charge in [0.2, 0.25) is 0 Å². The first-order valence-electron chi connectivity index (χ1n) is 8.56. The lowest BCUT2D eigenvalue weighted by atomic mass is 10.3. The molecule has 9 heteroatoms. The van der Waals surface area contributed by atoms with Crippen LogP contribution < -0.4 is 10.3 Å². The summed E-state index contributed by atoms with van der Waals surface area (Å²) in [6, 6.07) is 3.35. The molecule has 142 valence electrons. The van der Waals surface area contributed by atoms with Crippen molar-refractivity contribution in [2.45, 2.75) is 44.4 Å². The normalized spacial score (nSPS) is 18.6. The molecular weight excluding hydrogens is 356 g/mol. The predicted octanol–water partition coefficient (Wildman–Crippen LogP) is 1.31. The van der Waals surface area contributed by atoms with Gasteiger partial charge in [0.05, 0.1) is 12.9 Å². The van der Waals surface area contributed by atoms with E-state index in [0.717, 1.165) is 5.69 Å². The highest BCUT2D eigenvalue weighted by atomic mass is 32.2. The number of ether oxygens (including phenoxy) is 1. The van der Waals surface area contributed by atoms with Gasteiger partial charge in [0.15, 0.2) is 5.03 Å². The molecule has 2 aromatic heterocycles. The topological polar surface area (TPSA) is 86.4 Å². The largest absolute Gasteiger partial charge is 0.489 e. The zero-order valence-corrected chi connectivity index (χ0v) is 16.2. The molecule has 0 spiro atoms. The van der Waals surface area contributed by atoms with Crippen LogP contribution in [-0.2, 0) is 17.1 Å². The number of imidazole rings is 1. The third kappa shape index (κ3) is 3.54. The van der Waals surface area contributed by atoms with Crippen LogP contribution in [0.5, 0.6) is 5.75 Å². The van der Waals surface area contributed by atoms with Gasteiger partial charge in [-0.15, -0.1) is 0 Å². The average Bonchev–Trinajstić information content (AvgIpc) is 3.22. The molecule has 0 aliphatic carbocycles. The van der Waals surface area contributed by atoms with Crippen molar-refractivity contribution in [3.05, 3.63) is 40.7 Å². The van der Waals surface area contributed by atoms with Gasteiger partial charge >= 0.3 is 0 Å². The summed E-state index contributed by atoms with van der Waals surface area (Å²) in [7, 11) is -1.95. The van der Waals surface area contributed by atoms with Crippen LogP contribution in [0.4, 0.5) is 0 Å². The molecule has 2 aromatic rings. The number of sulfonamides is 1. The average molecular weight is 380 g/mol. The number of aryl methyl sites for hydroxylation is 1. The molecule has 0 radical (unpaired) electrons. The fraction of sp³-hybridized carbons (Fsp3) is 0.529. The van der Waals surface area contributed by atoms with Gasteiger partial charge in [0.1, 0.15) is 11.9 Å². The van der Waals surface area contributed by atoms with Crippen molar-refractivity contribution in [1.82, 2.24) is 18.4 Å². The van der Waals surface area contributed by atoms with Gasteiger partial charge in [0, 0.05) is 37.6 Å². The first-order valence-corrected chi connectivity index (χ1v) is 10.0. The SMILES string of the molecule is Cc1cc(OC2CCN(S(=O)(=O)c3cn(C(C)C)cn3)C2)cc(=O)n1C.